The van der Waals surface area contributed by atoms with Gasteiger partial charge >= 0.3 is 19.8 Å². The number of unbranched alkanes of at least 4 members (excludes halogenated alkanes) is 35. The summed E-state index contributed by atoms with van der Waals surface area (Å²) in [5.74, 6) is -0.783. The second kappa shape index (κ2) is 62.7. The highest BCUT2D eigenvalue weighted by Crippen LogP contribution is 2.43. The maximum atomic E-state index is 12.9. The highest BCUT2D eigenvalue weighted by atomic mass is 31.2. The standard InChI is InChI=1S/C72H130NO8P/c1-6-8-10-12-14-16-18-20-22-24-26-27-28-29-30-31-32-33-34-35-36-37-38-39-40-41-42-43-44-45-47-49-51-53-55-57-59-61-63-65-72(75)81-70(69-80-82(76,77)79-67-66-73(3,4)5)68-78-71(74)64-62-60-58-56-54-52-50-48-46-25-23-21-19-17-15-13-11-9-7-2/h8,10,14,16,20,22,26-27,29-30,32-33,35-36,70H,6-7,9,11-13,15,17-19,21,23-25,28,31,34,37-69H2,1-5H3/p+1/b10-8-,16-14-,22-20-,27-26-,30-29-,33-32-,36-35-. The molecule has 10 heteroatoms. The minimum Gasteiger partial charge on any atom is -0.462 e. The third kappa shape index (κ3) is 66.3. The summed E-state index contributed by atoms with van der Waals surface area (Å²) in [5.41, 5.74) is 0. The molecule has 0 saturated carbocycles. The van der Waals surface area contributed by atoms with Gasteiger partial charge in [-0.2, -0.15) is 0 Å². The van der Waals surface area contributed by atoms with Crippen LogP contribution in [0.5, 0.6) is 0 Å². The fourth-order valence-electron chi connectivity index (χ4n) is 9.71. The van der Waals surface area contributed by atoms with E-state index in [1.54, 1.807) is 0 Å². The number of hydrogen-bond acceptors (Lipinski definition) is 7. The van der Waals surface area contributed by atoms with Crippen LogP contribution < -0.4 is 0 Å². The molecule has 476 valence electrons. The number of ether oxygens (including phenoxy) is 2. The Labute approximate surface area is 507 Å². The zero-order valence-corrected chi connectivity index (χ0v) is 55.1. The molecule has 0 aliphatic carbocycles. The van der Waals surface area contributed by atoms with Crippen molar-refractivity contribution in [3.05, 3.63) is 85.1 Å². The molecule has 0 radical (unpaired) electrons. The average Bonchev–Trinajstić information content (AvgIpc) is 3.46. The molecule has 0 aromatic heterocycles. The molecule has 0 aliphatic rings. The van der Waals surface area contributed by atoms with Crippen molar-refractivity contribution in [3.63, 3.8) is 0 Å². The first-order valence-corrected chi connectivity index (χ1v) is 35.8. The smallest absolute Gasteiger partial charge is 0.462 e. The van der Waals surface area contributed by atoms with Crippen molar-refractivity contribution in [2.75, 3.05) is 47.5 Å². The zero-order chi connectivity index (χ0) is 59.8. The summed E-state index contributed by atoms with van der Waals surface area (Å²) >= 11 is 0. The van der Waals surface area contributed by atoms with E-state index in [4.69, 9.17) is 18.5 Å². The Morgan fingerprint density at radius 1 is 0.390 bits per heavy atom. The van der Waals surface area contributed by atoms with Crippen LogP contribution in [0.3, 0.4) is 0 Å². The molecule has 0 heterocycles. The lowest BCUT2D eigenvalue weighted by Gasteiger charge is -2.24. The number of carbonyl (C=O) groups excluding carboxylic acids is 2. The Bertz CT molecular complexity index is 1660. The van der Waals surface area contributed by atoms with Crippen LogP contribution in [0.4, 0.5) is 0 Å². The predicted octanol–water partition coefficient (Wildman–Crippen LogP) is 22.2. The Hall–Kier alpha value is -2.81. The molecular formula is C72H131NO8P+. The molecule has 0 saturated heterocycles. The van der Waals surface area contributed by atoms with Gasteiger partial charge in [-0.3, -0.25) is 18.6 Å². The van der Waals surface area contributed by atoms with Crippen molar-refractivity contribution in [2.45, 2.75) is 315 Å². The van der Waals surface area contributed by atoms with E-state index in [2.05, 4.69) is 98.9 Å². The number of likely N-dealkylation sites (N-methyl/N-ethyl adjacent to an activating group) is 1. The first-order chi connectivity index (χ1) is 40.0. The number of nitrogens with zero attached hydrogens (tertiary/aromatic N) is 1. The van der Waals surface area contributed by atoms with Gasteiger partial charge in [0.25, 0.3) is 0 Å². The molecule has 1 N–H and O–H groups in total. The van der Waals surface area contributed by atoms with E-state index in [-0.39, 0.29) is 25.6 Å². The molecule has 0 fully saturated rings. The first-order valence-electron chi connectivity index (χ1n) is 34.3. The van der Waals surface area contributed by atoms with E-state index in [1.807, 2.05) is 21.1 Å². The lowest BCUT2D eigenvalue weighted by molar-refractivity contribution is -0.870. The van der Waals surface area contributed by atoms with Crippen LogP contribution >= 0.6 is 7.82 Å². The van der Waals surface area contributed by atoms with Crippen LogP contribution in [0.25, 0.3) is 0 Å². The summed E-state index contributed by atoms with van der Waals surface area (Å²) < 4.78 is 34.7. The molecular weight excluding hydrogens is 1040 g/mol. The molecule has 0 rings (SSSR count). The van der Waals surface area contributed by atoms with E-state index >= 15 is 0 Å². The van der Waals surface area contributed by atoms with Gasteiger partial charge in [-0.05, 0) is 70.6 Å². The fourth-order valence-corrected chi connectivity index (χ4v) is 10.4. The number of phosphoric ester groups is 1. The molecule has 82 heavy (non-hydrogen) atoms. The average molecular weight is 1170 g/mol. The van der Waals surface area contributed by atoms with Gasteiger partial charge in [0, 0.05) is 12.8 Å². The van der Waals surface area contributed by atoms with Gasteiger partial charge in [0.05, 0.1) is 27.7 Å². The lowest BCUT2D eigenvalue weighted by atomic mass is 10.0. The molecule has 9 nitrogen and oxygen atoms in total. The number of hydrogen-bond donors (Lipinski definition) is 1. The number of carbonyl (C=O) groups is 2. The topological polar surface area (TPSA) is 108 Å². The number of phosphoric acid groups is 1. The Morgan fingerprint density at radius 2 is 0.695 bits per heavy atom. The summed E-state index contributed by atoms with van der Waals surface area (Å²) in [7, 11) is 1.49. The molecule has 0 spiro atoms. The van der Waals surface area contributed by atoms with E-state index in [0.717, 1.165) is 77.0 Å². The minimum atomic E-state index is -4.39. The van der Waals surface area contributed by atoms with Gasteiger partial charge in [-0.15, -0.1) is 0 Å². The SMILES string of the molecule is CC/C=C\C/C=C\C/C=C\C/C=C\C/C=C\C/C=C\C/C=C\CCCCCCCCCCCCCCCCCCCC(=O)OC(COC(=O)CCCCCCCCCCCCCCCCCCCCC)COP(=O)(O)OCC[N+](C)(C)C. The van der Waals surface area contributed by atoms with Crippen LogP contribution in [0.2, 0.25) is 0 Å². The van der Waals surface area contributed by atoms with Crippen molar-refractivity contribution in [2.24, 2.45) is 0 Å². The Balaban J connectivity index is 3.99. The quantitative estimate of drug-likeness (QED) is 0.0211. The molecule has 2 atom stereocenters. The largest absolute Gasteiger partial charge is 0.472 e. The van der Waals surface area contributed by atoms with Crippen LogP contribution in [0, 0.1) is 0 Å². The fraction of sp³-hybridized carbons (Fsp3) is 0.778. The van der Waals surface area contributed by atoms with Crippen molar-refractivity contribution in [1.29, 1.82) is 0 Å². The van der Waals surface area contributed by atoms with Gasteiger partial charge in [0.15, 0.2) is 6.10 Å². The predicted molar refractivity (Wildman–Crippen MR) is 353 cm³/mol. The monoisotopic (exact) mass is 1170 g/mol. The number of esters is 2. The third-order valence-corrected chi connectivity index (χ3v) is 15.9. The molecule has 2 unspecified atom stereocenters. The van der Waals surface area contributed by atoms with Gasteiger partial charge in [-0.25, -0.2) is 4.57 Å². The van der Waals surface area contributed by atoms with Crippen LogP contribution in [-0.4, -0.2) is 74.9 Å². The highest BCUT2D eigenvalue weighted by Gasteiger charge is 2.27. The van der Waals surface area contributed by atoms with Crippen molar-refractivity contribution in [3.8, 4) is 0 Å². The maximum absolute atomic E-state index is 12.9. The number of allylic oxidation sites excluding steroid dienone is 14. The second-order valence-electron chi connectivity index (χ2n) is 24.2. The van der Waals surface area contributed by atoms with E-state index in [1.165, 1.54) is 199 Å². The van der Waals surface area contributed by atoms with Gasteiger partial charge in [0.2, 0.25) is 0 Å². The zero-order valence-electron chi connectivity index (χ0n) is 54.2. The van der Waals surface area contributed by atoms with E-state index in [0.29, 0.717) is 23.9 Å². The minimum absolute atomic E-state index is 0.0323. The van der Waals surface area contributed by atoms with Crippen molar-refractivity contribution >= 4 is 19.8 Å². The Morgan fingerprint density at radius 3 is 1.04 bits per heavy atom. The van der Waals surface area contributed by atoms with Gasteiger partial charge in [0.1, 0.15) is 19.8 Å². The lowest BCUT2D eigenvalue weighted by Crippen LogP contribution is -2.37. The molecule has 0 aliphatic heterocycles. The van der Waals surface area contributed by atoms with Crippen molar-refractivity contribution in [1.82, 2.24) is 0 Å². The normalized spacial score (nSPS) is 13.7. The first kappa shape index (κ1) is 79.2. The van der Waals surface area contributed by atoms with E-state index < -0.39 is 26.5 Å². The summed E-state index contributed by atoms with van der Waals surface area (Å²) in [6.45, 7) is 4.36. The second-order valence-corrected chi connectivity index (χ2v) is 25.6. The number of quaternary nitrogens is 1. The Kier molecular flexibility index (Phi) is 60.6. The van der Waals surface area contributed by atoms with Crippen molar-refractivity contribution < 1.29 is 42.1 Å². The summed E-state index contributed by atoms with van der Waals surface area (Å²) in [6, 6.07) is 0. The molecule has 0 aromatic rings. The summed E-state index contributed by atoms with van der Waals surface area (Å²) in [5, 5.41) is 0. The highest BCUT2D eigenvalue weighted by molar-refractivity contribution is 7.47. The van der Waals surface area contributed by atoms with E-state index in [9.17, 15) is 19.0 Å². The molecule has 0 bridgehead atoms. The summed E-state index contributed by atoms with van der Waals surface area (Å²) in [6.07, 6.45) is 85.4. The van der Waals surface area contributed by atoms with Gasteiger partial charge in [-0.1, -0.05) is 311 Å². The van der Waals surface area contributed by atoms with Crippen LogP contribution in [0.15, 0.2) is 85.1 Å². The molecule has 0 aromatic carbocycles. The maximum Gasteiger partial charge on any atom is 0.472 e. The third-order valence-electron chi connectivity index (χ3n) is 14.9. The number of rotatable bonds is 63. The van der Waals surface area contributed by atoms with Crippen LogP contribution in [0.1, 0.15) is 309 Å². The summed E-state index contributed by atoms with van der Waals surface area (Å²) in [4.78, 5) is 35.8. The van der Waals surface area contributed by atoms with Crippen LogP contribution in [-0.2, 0) is 32.7 Å². The molecule has 0 amide bonds. The van der Waals surface area contributed by atoms with Gasteiger partial charge < -0.3 is 18.9 Å².